The van der Waals surface area contributed by atoms with Crippen LogP contribution in [0.2, 0.25) is 0 Å². The first-order valence-electron chi connectivity index (χ1n) is 12.9. The monoisotopic (exact) mass is 531 g/mol. The van der Waals surface area contributed by atoms with Crippen LogP contribution in [-0.2, 0) is 23.9 Å². The van der Waals surface area contributed by atoms with Gasteiger partial charge >= 0.3 is 17.9 Å². The normalized spacial score (nSPS) is 11.7. The molecule has 0 aliphatic heterocycles. The molecule has 0 heterocycles. The predicted molar refractivity (Wildman–Crippen MR) is 158 cm³/mol. The smallest absolute Gasteiger partial charge is 0.338 e. The van der Waals surface area contributed by atoms with Crippen LogP contribution in [0.15, 0.2) is 108 Å². The molecule has 0 atom stereocenters. The Bertz CT molecular complexity index is 1590. The lowest BCUT2D eigenvalue weighted by molar-refractivity contribution is -0.156. The Morgan fingerprint density at radius 1 is 0.650 bits per heavy atom. The van der Waals surface area contributed by atoms with Crippen molar-refractivity contribution in [3.05, 3.63) is 125 Å². The number of ether oxygens (including phenoxy) is 2. The summed E-state index contributed by atoms with van der Waals surface area (Å²) in [7, 11) is 0. The third-order valence-corrected chi connectivity index (χ3v) is 5.97. The molecule has 0 N–H and O–H groups in total. The summed E-state index contributed by atoms with van der Waals surface area (Å²) in [6.45, 7) is 3.95. The lowest BCUT2D eigenvalue weighted by Crippen LogP contribution is -2.15. The molecule has 4 aromatic carbocycles. The highest BCUT2D eigenvalue weighted by molar-refractivity contribution is 6.01. The maximum atomic E-state index is 12.6. The Labute approximate surface area is 233 Å². The Hall–Kier alpha value is -5.10. The molecule has 0 spiro atoms. The van der Waals surface area contributed by atoms with Crippen molar-refractivity contribution in [3.8, 4) is 0 Å². The van der Waals surface area contributed by atoms with E-state index in [1.807, 2.05) is 98.8 Å². The van der Waals surface area contributed by atoms with Crippen LogP contribution in [0.1, 0.15) is 35.1 Å². The second-order valence-electron chi connectivity index (χ2n) is 9.21. The molecule has 0 bridgehead atoms. The Morgan fingerprint density at radius 3 is 1.82 bits per heavy atom. The molecular weight excluding hydrogens is 502 g/mol. The number of carbonyl (C=O) groups is 3. The maximum absolute atomic E-state index is 12.6. The van der Waals surface area contributed by atoms with Crippen LogP contribution < -0.4 is 0 Å². The second-order valence-corrected chi connectivity index (χ2v) is 9.21. The van der Waals surface area contributed by atoms with Crippen molar-refractivity contribution >= 4 is 52.4 Å². The number of aryl methyl sites for hydroxylation is 2. The van der Waals surface area contributed by atoms with E-state index in [1.54, 1.807) is 18.2 Å². The number of fused-ring (bicyclic) bond motifs is 1. The summed E-state index contributed by atoms with van der Waals surface area (Å²) < 4.78 is 10.4. The highest BCUT2D eigenvalue weighted by Gasteiger charge is 2.14. The topological polar surface area (TPSA) is 82.0 Å². The van der Waals surface area contributed by atoms with E-state index in [-0.39, 0.29) is 18.7 Å². The van der Waals surface area contributed by atoms with E-state index in [2.05, 4.69) is 4.99 Å². The second kappa shape index (κ2) is 13.6. The standard InChI is InChI=1S/C34H29NO5/c1-24-10-14-26(15-11-24)18-21-32(36)39-31(35-30-9-5-7-28-6-3-4-8-29(28)30)20-23-34(38)40-33(37)22-19-27-16-12-25(2)13-17-27/h3-19,21-22H,20,23H2,1-2H3/b21-18+,22-19+,35-31?. The number of hydrogen-bond donors (Lipinski definition) is 0. The van der Waals surface area contributed by atoms with E-state index in [0.29, 0.717) is 5.69 Å². The first kappa shape index (κ1) is 27.9. The number of aliphatic imine (C=N–C) groups is 1. The molecule has 40 heavy (non-hydrogen) atoms. The van der Waals surface area contributed by atoms with Crippen LogP contribution in [0, 0.1) is 13.8 Å². The van der Waals surface area contributed by atoms with Crippen molar-refractivity contribution in [2.75, 3.05) is 0 Å². The quantitative estimate of drug-likeness (QED) is 0.0783. The number of esters is 3. The van der Waals surface area contributed by atoms with Crippen LogP contribution in [-0.4, -0.2) is 23.8 Å². The molecule has 0 saturated carbocycles. The maximum Gasteiger partial charge on any atom is 0.338 e. The van der Waals surface area contributed by atoms with E-state index in [4.69, 9.17) is 9.47 Å². The lowest BCUT2D eigenvalue weighted by Gasteiger charge is -2.08. The van der Waals surface area contributed by atoms with Gasteiger partial charge in [-0.05, 0) is 48.6 Å². The molecule has 6 heteroatoms. The third kappa shape index (κ3) is 8.46. The number of hydrogen-bond acceptors (Lipinski definition) is 6. The fraction of sp³-hybridized carbons (Fsp3) is 0.118. The van der Waals surface area contributed by atoms with E-state index in [1.165, 1.54) is 12.2 Å². The van der Waals surface area contributed by atoms with E-state index in [9.17, 15) is 14.4 Å². The van der Waals surface area contributed by atoms with Gasteiger partial charge in [0.15, 0.2) is 5.90 Å². The summed E-state index contributed by atoms with van der Waals surface area (Å²) >= 11 is 0. The number of carbonyl (C=O) groups excluding carboxylic acids is 3. The SMILES string of the molecule is Cc1ccc(/C=C/C(=O)OC(=O)CCC(=Nc2cccc3ccccc23)OC(=O)/C=C/c2ccc(C)cc2)cc1. The average molecular weight is 532 g/mol. The molecule has 0 radical (unpaired) electrons. The molecule has 0 aromatic heterocycles. The van der Waals surface area contributed by atoms with Gasteiger partial charge in [0, 0.05) is 24.0 Å². The zero-order valence-electron chi connectivity index (χ0n) is 22.4. The Kier molecular flexibility index (Phi) is 9.51. The lowest BCUT2D eigenvalue weighted by atomic mass is 10.1. The molecule has 0 aliphatic carbocycles. The van der Waals surface area contributed by atoms with Crippen molar-refractivity contribution in [1.29, 1.82) is 0 Å². The molecule has 4 aromatic rings. The van der Waals surface area contributed by atoms with Gasteiger partial charge in [0.25, 0.3) is 0 Å². The van der Waals surface area contributed by atoms with Crippen LogP contribution in [0.25, 0.3) is 22.9 Å². The molecule has 0 fully saturated rings. The minimum Gasteiger partial charge on any atom is -0.408 e. The predicted octanol–water partition coefficient (Wildman–Crippen LogP) is 7.31. The Morgan fingerprint density at radius 2 is 1.20 bits per heavy atom. The number of nitrogens with zero attached hydrogens (tertiary/aromatic N) is 1. The van der Waals surface area contributed by atoms with Gasteiger partial charge < -0.3 is 9.47 Å². The Balaban J connectivity index is 1.45. The first-order chi connectivity index (χ1) is 19.4. The average Bonchev–Trinajstić information content (AvgIpc) is 2.95. The highest BCUT2D eigenvalue weighted by Crippen LogP contribution is 2.26. The summed E-state index contributed by atoms with van der Waals surface area (Å²) in [5, 5.41) is 1.84. The van der Waals surface area contributed by atoms with Gasteiger partial charge in [-0.3, -0.25) is 4.79 Å². The fourth-order valence-electron chi connectivity index (χ4n) is 3.81. The summed E-state index contributed by atoms with van der Waals surface area (Å²) in [5.41, 5.74) is 4.46. The summed E-state index contributed by atoms with van der Waals surface area (Å²) in [5.74, 6) is -2.13. The van der Waals surface area contributed by atoms with Gasteiger partial charge in [0.1, 0.15) is 0 Å². The minimum atomic E-state index is -0.781. The third-order valence-electron chi connectivity index (χ3n) is 5.97. The minimum absolute atomic E-state index is 0.0366. The van der Waals surface area contributed by atoms with Crippen molar-refractivity contribution in [3.63, 3.8) is 0 Å². The molecule has 0 saturated heterocycles. The highest BCUT2D eigenvalue weighted by atomic mass is 16.6. The zero-order chi connectivity index (χ0) is 28.3. The van der Waals surface area contributed by atoms with Crippen LogP contribution in [0.4, 0.5) is 5.69 Å². The van der Waals surface area contributed by atoms with Gasteiger partial charge in [-0.15, -0.1) is 0 Å². The summed E-state index contributed by atoms with van der Waals surface area (Å²) in [4.78, 5) is 41.8. The fourth-order valence-corrected chi connectivity index (χ4v) is 3.81. The molecule has 200 valence electrons. The zero-order valence-corrected chi connectivity index (χ0v) is 22.4. The summed E-state index contributed by atoms with van der Waals surface area (Å²) in [6, 6.07) is 28.5. The van der Waals surface area contributed by atoms with Gasteiger partial charge in [0.2, 0.25) is 0 Å². The van der Waals surface area contributed by atoms with Crippen molar-refractivity contribution in [2.24, 2.45) is 4.99 Å². The number of rotatable bonds is 8. The van der Waals surface area contributed by atoms with Gasteiger partial charge in [0.05, 0.1) is 12.1 Å². The van der Waals surface area contributed by atoms with E-state index < -0.39 is 17.9 Å². The van der Waals surface area contributed by atoms with Crippen molar-refractivity contribution < 1.29 is 23.9 Å². The van der Waals surface area contributed by atoms with Crippen LogP contribution in [0.5, 0.6) is 0 Å². The molecule has 0 amide bonds. The molecule has 4 rings (SSSR count). The molecule has 0 unspecified atom stereocenters. The van der Waals surface area contributed by atoms with E-state index in [0.717, 1.165) is 33.0 Å². The first-order valence-corrected chi connectivity index (χ1v) is 12.9. The molecule has 0 aliphatic rings. The van der Waals surface area contributed by atoms with Gasteiger partial charge in [-0.2, -0.15) is 0 Å². The van der Waals surface area contributed by atoms with Crippen LogP contribution >= 0.6 is 0 Å². The largest absolute Gasteiger partial charge is 0.408 e. The number of benzene rings is 4. The van der Waals surface area contributed by atoms with Gasteiger partial charge in [-0.1, -0.05) is 96.1 Å². The van der Waals surface area contributed by atoms with Crippen molar-refractivity contribution in [1.82, 2.24) is 0 Å². The van der Waals surface area contributed by atoms with E-state index >= 15 is 0 Å². The molecular formula is C34H29NO5. The van der Waals surface area contributed by atoms with Crippen LogP contribution in [0.3, 0.4) is 0 Å². The van der Waals surface area contributed by atoms with Gasteiger partial charge in [-0.25, -0.2) is 14.6 Å². The van der Waals surface area contributed by atoms with Crippen molar-refractivity contribution in [2.45, 2.75) is 26.7 Å². The summed E-state index contributed by atoms with van der Waals surface area (Å²) in [6.07, 6.45) is 5.48. The molecule has 6 nitrogen and oxygen atoms in total.